The maximum Gasteiger partial charge on any atom is 0.0863 e. The molecule has 5 heteroatoms. The van der Waals surface area contributed by atoms with E-state index in [1.807, 2.05) is 6.07 Å². The van der Waals surface area contributed by atoms with Gasteiger partial charge in [0.25, 0.3) is 0 Å². The van der Waals surface area contributed by atoms with Gasteiger partial charge in [-0.05, 0) is 18.2 Å². The lowest BCUT2D eigenvalue weighted by atomic mass is 9.94. The molecule has 1 aromatic rings. The van der Waals surface area contributed by atoms with E-state index in [-0.39, 0.29) is 0 Å². The van der Waals surface area contributed by atoms with Crippen LogP contribution in [0.15, 0.2) is 18.2 Å². The lowest BCUT2D eigenvalue weighted by Crippen LogP contribution is -2.42. The summed E-state index contributed by atoms with van der Waals surface area (Å²) in [5.74, 6) is 0. The van der Waals surface area contributed by atoms with Crippen molar-refractivity contribution in [3.05, 3.63) is 28.2 Å². The number of halogens is 2. The van der Waals surface area contributed by atoms with Crippen molar-refractivity contribution >= 4 is 28.9 Å². The molecule has 1 aliphatic heterocycles. The van der Waals surface area contributed by atoms with Crippen LogP contribution in [0.3, 0.4) is 0 Å². The molecule has 1 fully saturated rings. The standard InChI is InChI=1S/C12H15Cl2NO2/c13-9-1-2-11(10(14)7-9)15-8-12(16)3-5-17-6-4-12/h1-2,7,15-16H,3-6,8H2. The molecule has 3 nitrogen and oxygen atoms in total. The second-order valence-electron chi connectivity index (χ2n) is 4.31. The molecular weight excluding hydrogens is 261 g/mol. The first-order valence-corrected chi connectivity index (χ1v) is 6.34. The zero-order valence-electron chi connectivity index (χ0n) is 9.38. The first kappa shape index (κ1) is 13.0. The number of ether oxygens (including phenoxy) is 1. The molecule has 0 saturated carbocycles. The molecule has 2 N–H and O–H groups in total. The van der Waals surface area contributed by atoms with Gasteiger partial charge in [0.1, 0.15) is 0 Å². The first-order valence-electron chi connectivity index (χ1n) is 5.58. The summed E-state index contributed by atoms with van der Waals surface area (Å²) in [6.45, 7) is 1.68. The van der Waals surface area contributed by atoms with Crippen LogP contribution in [0.2, 0.25) is 10.0 Å². The van der Waals surface area contributed by atoms with Gasteiger partial charge in [0.2, 0.25) is 0 Å². The van der Waals surface area contributed by atoms with Gasteiger partial charge in [0.05, 0.1) is 16.3 Å². The van der Waals surface area contributed by atoms with Crippen molar-refractivity contribution in [1.29, 1.82) is 0 Å². The Labute approximate surface area is 111 Å². The van der Waals surface area contributed by atoms with E-state index < -0.39 is 5.60 Å². The molecule has 94 valence electrons. The van der Waals surface area contributed by atoms with Gasteiger partial charge in [0.15, 0.2) is 0 Å². The fourth-order valence-corrected chi connectivity index (χ4v) is 2.30. The minimum atomic E-state index is -0.707. The summed E-state index contributed by atoms with van der Waals surface area (Å²) in [7, 11) is 0. The Bertz CT molecular complexity index is 392. The second-order valence-corrected chi connectivity index (χ2v) is 5.16. The summed E-state index contributed by atoms with van der Waals surface area (Å²) < 4.78 is 5.23. The van der Waals surface area contributed by atoms with Crippen LogP contribution in [-0.2, 0) is 4.74 Å². The predicted molar refractivity (Wildman–Crippen MR) is 70.0 cm³/mol. The van der Waals surface area contributed by atoms with Crippen LogP contribution in [0, 0.1) is 0 Å². The molecule has 1 saturated heterocycles. The highest BCUT2D eigenvalue weighted by atomic mass is 35.5. The molecule has 0 spiro atoms. The highest BCUT2D eigenvalue weighted by Crippen LogP contribution is 2.27. The van der Waals surface area contributed by atoms with Crippen LogP contribution in [0.4, 0.5) is 5.69 Å². The summed E-state index contributed by atoms with van der Waals surface area (Å²) in [5, 5.41) is 14.6. The van der Waals surface area contributed by atoms with Gasteiger partial charge in [-0.25, -0.2) is 0 Å². The van der Waals surface area contributed by atoms with Crippen molar-refractivity contribution in [2.45, 2.75) is 18.4 Å². The number of hydrogen-bond acceptors (Lipinski definition) is 3. The molecule has 17 heavy (non-hydrogen) atoms. The lowest BCUT2D eigenvalue weighted by Gasteiger charge is -2.32. The predicted octanol–water partition coefficient (Wildman–Crippen LogP) is 2.95. The monoisotopic (exact) mass is 275 g/mol. The van der Waals surface area contributed by atoms with Gasteiger partial charge < -0.3 is 15.2 Å². The fourth-order valence-electron chi connectivity index (χ4n) is 1.82. The van der Waals surface area contributed by atoms with Gasteiger partial charge in [-0.3, -0.25) is 0 Å². The SMILES string of the molecule is OC1(CNc2ccc(Cl)cc2Cl)CCOCC1. The molecule has 0 amide bonds. The Morgan fingerprint density at radius 1 is 1.29 bits per heavy atom. The first-order chi connectivity index (χ1) is 8.09. The molecule has 0 radical (unpaired) electrons. The Balaban J connectivity index is 1.97. The van der Waals surface area contributed by atoms with Crippen LogP contribution in [0.25, 0.3) is 0 Å². The van der Waals surface area contributed by atoms with Crippen molar-refractivity contribution in [1.82, 2.24) is 0 Å². The molecule has 1 aromatic carbocycles. The normalized spacial score (nSPS) is 19.0. The Kier molecular flexibility index (Phi) is 4.15. The van der Waals surface area contributed by atoms with E-state index in [1.54, 1.807) is 12.1 Å². The summed E-state index contributed by atoms with van der Waals surface area (Å²) in [4.78, 5) is 0. The van der Waals surface area contributed by atoms with E-state index >= 15 is 0 Å². The highest BCUT2D eigenvalue weighted by molar-refractivity contribution is 6.36. The summed E-state index contributed by atoms with van der Waals surface area (Å²) >= 11 is 11.9. The number of rotatable bonds is 3. The zero-order chi connectivity index (χ0) is 12.3. The van der Waals surface area contributed by atoms with E-state index in [9.17, 15) is 5.11 Å². The topological polar surface area (TPSA) is 41.5 Å². The van der Waals surface area contributed by atoms with E-state index in [0.29, 0.717) is 42.6 Å². The largest absolute Gasteiger partial charge is 0.388 e. The number of nitrogens with one attached hydrogen (secondary N) is 1. The van der Waals surface area contributed by atoms with Crippen molar-refractivity contribution in [2.75, 3.05) is 25.1 Å². The Hall–Kier alpha value is -0.480. The average molecular weight is 276 g/mol. The quantitative estimate of drug-likeness (QED) is 0.891. The summed E-state index contributed by atoms with van der Waals surface area (Å²) in [6, 6.07) is 5.26. The minimum absolute atomic E-state index is 0.470. The molecule has 0 aromatic heterocycles. The third kappa shape index (κ3) is 3.49. The molecule has 0 bridgehead atoms. The van der Waals surface area contributed by atoms with Crippen LogP contribution in [0.1, 0.15) is 12.8 Å². The molecule has 0 aliphatic carbocycles. The molecule has 2 rings (SSSR count). The van der Waals surface area contributed by atoms with E-state index in [4.69, 9.17) is 27.9 Å². The molecule has 0 unspecified atom stereocenters. The minimum Gasteiger partial charge on any atom is -0.388 e. The number of anilines is 1. The molecular formula is C12H15Cl2NO2. The molecule has 1 aliphatic rings. The third-order valence-electron chi connectivity index (χ3n) is 2.96. The maximum atomic E-state index is 10.3. The van der Waals surface area contributed by atoms with Gasteiger partial charge in [-0.2, -0.15) is 0 Å². The third-order valence-corrected chi connectivity index (χ3v) is 3.51. The number of hydrogen-bond donors (Lipinski definition) is 2. The fraction of sp³-hybridized carbons (Fsp3) is 0.500. The van der Waals surface area contributed by atoms with Crippen molar-refractivity contribution in [3.8, 4) is 0 Å². The molecule has 1 heterocycles. The van der Waals surface area contributed by atoms with Crippen molar-refractivity contribution in [3.63, 3.8) is 0 Å². The van der Waals surface area contributed by atoms with Crippen LogP contribution >= 0.6 is 23.2 Å². The van der Waals surface area contributed by atoms with Gasteiger partial charge >= 0.3 is 0 Å². The average Bonchev–Trinajstić information content (AvgIpc) is 2.29. The van der Waals surface area contributed by atoms with E-state index in [2.05, 4.69) is 5.32 Å². The number of benzene rings is 1. The Morgan fingerprint density at radius 2 is 2.00 bits per heavy atom. The van der Waals surface area contributed by atoms with E-state index in [0.717, 1.165) is 5.69 Å². The lowest BCUT2D eigenvalue weighted by molar-refractivity contribution is -0.0543. The summed E-state index contributed by atoms with van der Waals surface area (Å²) in [6.07, 6.45) is 1.29. The second kappa shape index (κ2) is 5.44. The zero-order valence-corrected chi connectivity index (χ0v) is 10.9. The van der Waals surface area contributed by atoms with Gasteiger partial charge in [-0.15, -0.1) is 0 Å². The van der Waals surface area contributed by atoms with Gasteiger partial charge in [0, 0.05) is 37.6 Å². The summed E-state index contributed by atoms with van der Waals surface area (Å²) in [5.41, 5.74) is 0.0808. The van der Waals surface area contributed by atoms with Crippen LogP contribution < -0.4 is 5.32 Å². The molecule has 0 atom stereocenters. The Morgan fingerprint density at radius 3 is 2.65 bits per heavy atom. The van der Waals surface area contributed by atoms with Crippen molar-refractivity contribution in [2.24, 2.45) is 0 Å². The van der Waals surface area contributed by atoms with Gasteiger partial charge in [-0.1, -0.05) is 23.2 Å². The highest BCUT2D eigenvalue weighted by Gasteiger charge is 2.29. The van der Waals surface area contributed by atoms with E-state index in [1.165, 1.54) is 0 Å². The van der Waals surface area contributed by atoms with Crippen LogP contribution in [0.5, 0.6) is 0 Å². The smallest absolute Gasteiger partial charge is 0.0863 e. The van der Waals surface area contributed by atoms with Crippen molar-refractivity contribution < 1.29 is 9.84 Å². The number of aliphatic hydroxyl groups is 1. The van der Waals surface area contributed by atoms with Crippen LogP contribution in [-0.4, -0.2) is 30.5 Å². The maximum absolute atomic E-state index is 10.3.